The van der Waals surface area contributed by atoms with E-state index in [-0.39, 0.29) is 6.61 Å². The van der Waals surface area contributed by atoms with Crippen molar-refractivity contribution < 1.29 is 18.6 Å². The van der Waals surface area contributed by atoms with E-state index in [9.17, 15) is 8.78 Å². The standard InChI is InChI=1S/C14H15F2N3O2/c1-2-20-21-7-12-14-6-17-5-9-3-10(15)11(16)4-13(9)19(14)8-18-12/h3-4,8,17H,2,5-7H2,1H3. The molecule has 0 atom stereocenters. The van der Waals surface area contributed by atoms with Crippen molar-refractivity contribution >= 4 is 0 Å². The van der Waals surface area contributed by atoms with Gasteiger partial charge in [-0.25, -0.2) is 23.5 Å². The lowest BCUT2D eigenvalue weighted by atomic mass is 10.1. The van der Waals surface area contributed by atoms with Crippen LogP contribution in [0.2, 0.25) is 0 Å². The zero-order valence-corrected chi connectivity index (χ0v) is 11.5. The SMILES string of the molecule is CCOOCc1ncn2c1CNCc1cc(F)c(F)cc1-2. The van der Waals surface area contributed by atoms with Crippen molar-refractivity contribution in [1.29, 1.82) is 0 Å². The lowest BCUT2D eigenvalue weighted by Gasteiger charge is -2.09. The minimum absolute atomic E-state index is 0.205. The number of nitrogens with one attached hydrogen (secondary N) is 1. The molecule has 2 aromatic rings. The molecule has 0 unspecified atom stereocenters. The number of hydrogen-bond acceptors (Lipinski definition) is 4. The van der Waals surface area contributed by atoms with Crippen molar-refractivity contribution in [2.75, 3.05) is 6.61 Å². The van der Waals surface area contributed by atoms with Gasteiger partial charge in [0.25, 0.3) is 0 Å². The zero-order valence-electron chi connectivity index (χ0n) is 11.5. The Balaban J connectivity index is 1.99. The number of fused-ring (bicyclic) bond motifs is 3. The van der Waals surface area contributed by atoms with E-state index in [4.69, 9.17) is 9.78 Å². The molecule has 21 heavy (non-hydrogen) atoms. The van der Waals surface area contributed by atoms with Crippen LogP contribution in [0.1, 0.15) is 23.9 Å². The average Bonchev–Trinajstić information content (AvgIpc) is 2.77. The molecule has 1 aliphatic heterocycles. The topological polar surface area (TPSA) is 48.3 Å². The fourth-order valence-electron chi connectivity index (χ4n) is 2.37. The van der Waals surface area contributed by atoms with Crippen LogP contribution in [0, 0.1) is 11.6 Å². The van der Waals surface area contributed by atoms with Crippen LogP contribution >= 0.6 is 0 Å². The number of halogens is 2. The van der Waals surface area contributed by atoms with Gasteiger partial charge in [-0.1, -0.05) is 0 Å². The van der Waals surface area contributed by atoms with E-state index in [2.05, 4.69) is 10.3 Å². The van der Waals surface area contributed by atoms with Crippen LogP contribution in [-0.2, 0) is 29.5 Å². The van der Waals surface area contributed by atoms with Crippen LogP contribution < -0.4 is 5.32 Å². The Labute approximate surface area is 120 Å². The monoisotopic (exact) mass is 295 g/mol. The molecule has 0 radical (unpaired) electrons. The third-order valence-corrected chi connectivity index (χ3v) is 3.34. The second-order valence-corrected chi connectivity index (χ2v) is 4.68. The average molecular weight is 295 g/mol. The summed E-state index contributed by atoms with van der Waals surface area (Å²) in [6, 6.07) is 2.40. The van der Waals surface area contributed by atoms with E-state index < -0.39 is 11.6 Å². The normalized spacial score (nSPS) is 13.7. The highest BCUT2D eigenvalue weighted by atomic mass is 19.2. The highest BCUT2D eigenvalue weighted by Gasteiger charge is 2.20. The van der Waals surface area contributed by atoms with Gasteiger partial charge in [0, 0.05) is 19.2 Å². The summed E-state index contributed by atoms with van der Waals surface area (Å²) in [6.45, 7) is 3.46. The van der Waals surface area contributed by atoms with Gasteiger partial charge in [-0.2, -0.15) is 0 Å². The molecule has 0 amide bonds. The molecule has 7 heteroatoms. The van der Waals surface area contributed by atoms with Gasteiger partial charge in [0.1, 0.15) is 6.61 Å². The van der Waals surface area contributed by atoms with E-state index >= 15 is 0 Å². The quantitative estimate of drug-likeness (QED) is 0.534. The Morgan fingerprint density at radius 1 is 1.24 bits per heavy atom. The Bertz CT molecular complexity index is 658. The molecule has 1 aliphatic rings. The largest absolute Gasteiger partial charge is 0.307 e. The van der Waals surface area contributed by atoms with Crippen molar-refractivity contribution in [2.24, 2.45) is 0 Å². The van der Waals surface area contributed by atoms with Crippen LogP contribution in [-0.4, -0.2) is 16.2 Å². The van der Waals surface area contributed by atoms with Gasteiger partial charge in [-0.3, -0.25) is 0 Å². The predicted molar refractivity (Wildman–Crippen MR) is 70.4 cm³/mol. The van der Waals surface area contributed by atoms with E-state index in [1.54, 1.807) is 10.9 Å². The summed E-state index contributed by atoms with van der Waals surface area (Å²) in [7, 11) is 0. The van der Waals surface area contributed by atoms with E-state index in [1.165, 1.54) is 12.1 Å². The third kappa shape index (κ3) is 2.67. The van der Waals surface area contributed by atoms with Crippen LogP contribution in [0.25, 0.3) is 5.69 Å². The van der Waals surface area contributed by atoms with Crippen molar-refractivity contribution in [3.63, 3.8) is 0 Å². The number of hydrogen-bond donors (Lipinski definition) is 1. The van der Waals surface area contributed by atoms with Gasteiger partial charge in [-0.15, -0.1) is 0 Å². The van der Waals surface area contributed by atoms with Gasteiger partial charge in [-0.05, 0) is 18.6 Å². The molecule has 1 N–H and O–H groups in total. The molecule has 3 rings (SSSR count). The molecule has 5 nitrogen and oxygen atoms in total. The van der Waals surface area contributed by atoms with E-state index in [1.807, 2.05) is 6.92 Å². The molecule has 0 fully saturated rings. The smallest absolute Gasteiger partial charge is 0.160 e. The van der Waals surface area contributed by atoms with Gasteiger partial charge in [0.05, 0.1) is 30.0 Å². The number of benzene rings is 1. The van der Waals surface area contributed by atoms with E-state index in [0.717, 1.165) is 5.69 Å². The fraction of sp³-hybridized carbons (Fsp3) is 0.357. The second-order valence-electron chi connectivity index (χ2n) is 4.68. The maximum atomic E-state index is 13.5. The Morgan fingerprint density at radius 2 is 2.05 bits per heavy atom. The zero-order chi connectivity index (χ0) is 14.8. The molecular weight excluding hydrogens is 280 g/mol. The number of nitrogens with zero attached hydrogens (tertiary/aromatic N) is 2. The Hall–Kier alpha value is -1.83. The number of imidazole rings is 1. The van der Waals surface area contributed by atoms with Crippen molar-refractivity contribution in [3.05, 3.63) is 47.0 Å². The third-order valence-electron chi connectivity index (χ3n) is 3.34. The minimum atomic E-state index is -0.873. The molecular formula is C14H15F2N3O2. The summed E-state index contributed by atoms with van der Waals surface area (Å²) in [6.07, 6.45) is 1.59. The maximum Gasteiger partial charge on any atom is 0.160 e. The molecule has 0 aliphatic carbocycles. The lowest BCUT2D eigenvalue weighted by Crippen LogP contribution is -2.12. The molecule has 0 saturated carbocycles. The summed E-state index contributed by atoms with van der Waals surface area (Å²) in [5.74, 6) is -1.72. The first-order valence-corrected chi connectivity index (χ1v) is 6.69. The molecule has 0 spiro atoms. The summed E-state index contributed by atoms with van der Waals surface area (Å²) in [4.78, 5) is 14.1. The predicted octanol–water partition coefficient (Wildman–Crippen LogP) is 2.22. The lowest BCUT2D eigenvalue weighted by molar-refractivity contribution is -0.301. The molecule has 1 aromatic heterocycles. The van der Waals surface area contributed by atoms with Crippen LogP contribution in [0.5, 0.6) is 0 Å². The van der Waals surface area contributed by atoms with Crippen LogP contribution in [0.4, 0.5) is 8.78 Å². The summed E-state index contributed by atoms with van der Waals surface area (Å²) in [5, 5.41) is 3.18. The van der Waals surface area contributed by atoms with Crippen LogP contribution in [0.3, 0.4) is 0 Å². The first-order chi connectivity index (χ1) is 10.2. The number of aromatic nitrogens is 2. The maximum absolute atomic E-state index is 13.5. The van der Waals surface area contributed by atoms with E-state index in [0.29, 0.717) is 36.6 Å². The Kier molecular flexibility index (Phi) is 3.96. The highest BCUT2D eigenvalue weighted by Crippen LogP contribution is 2.25. The Morgan fingerprint density at radius 3 is 2.86 bits per heavy atom. The summed E-state index contributed by atoms with van der Waals surface area (Å²) < 4.78 is 28.6. The molecule has 0 bridgehead atoms. The van der Waals surface area contributed by atoms with Gasteiger partial charge in [0.15, 0.2) is 11.6 Å². The van der Waals surface area contributed by atoms with Gasteiger partial charge in [0.2, 0.25) is 0 Å². The summed E-state index contributed by atoms with van der Waals surface area (Å²) in [5.41, 5.74) is 2.82. The molecule has 0 saturated heterocycles. The number of rotatable bonds is 4. The van der Waals surface area contributed by atoms with Crippen molar-refractivity contribution in [2.45, 2.75) is 26.6 Å². The molecule has 2 heterocycles. The fourth-order valence-corrected chi connectivity index (χ4v) is 2.37. The molecule has 1 aromatic carbocycles. The van der Waals surface area contributed by atoms with Crippen molar-refractivity contribution in [3.8, 4) is 5.69 Å². The van der Waals surface area contributed by atoms with Crippen LogP contribution in [0.15, 0.2) is 18.5 Å². The highest BCUT2D eigenvalue weighted by molar-refractivity contribution is 5.45. The second kappa shape index (κ2) is 5.88. The van der Waals surface area contributed by atoms with Gasteiger partial charge >= 0.3 is 0 Å². The molecule has 112 valence electrons. The minimum Gasteiger partial charge on any atom is -0.307 e. The first-order valence-electron chi connectivity index (χ1n) is 6.69. The first kappa shape index (κ1) is 14.1. The van der Waals surface area contributed by atoms with Gasteiger partial charge < -0.3 is 9.88 Å². The summed E-state index contributed by atoms with van der Waals surface area (Å²) >= 11 is 0. The van der Waals surface area contributed by atoms with Crippen molar-refractivity contribution in [1.82, 2.24) is 14.9 Å².